The molecule has 0 N–H and O–H groups in total. The molecule has 4 aromatic rings. The van der Waals surface area contributed by atoms with Gasteiger partial charge in [0.1, 0.15) is 20.2 Å². The number of benzene rings is 4. The molecule has 4 aromatic carbocycles. The number of rotatable bonds is 9. The minimum Gasteiger partial charge on any atom is -0.744 e. The van der Waals surface area contributed by atoms with Crippen molar-refractivity contribution in [3.05, 3.63) is 94.0 Å². The third kappa shape index (κ3) is 9.54. The maximum absolute atomic E-state index is 13.2. The molecule has 0 radical (unpaired) electrons. The minimum atomic E-state index is -4.89. The van der Waals surface area contributed by atoms with Gasteiger partial charge in [0, 0.05) is 0 Å². The van der Waals surface area contributed by atoms with Gasteiger partial charge < -0.3 is 9.11 Å². The zero-order chi connectivity index (χ0) is 39.3. The van der Waals surface area contributed by atoms with Crippen LogP contribution in [-0.2, 0) is 29.8 Å². The van der Waals surface area contributed by atoms with Crippen molar-refractivity contribution in [2.75, 3.05) is 10.0 Å². The van der Waals surface area contributed by atoms with E-state index in [1.165, 1.54) is 24.3 Å². The van der Waals surface area contributed by atoms with Crippen LogP contribution in [0.1, 0.15) is 25.0 Å². The molecule has 2 aliphatic heterocycles. The quantitative estimate of drug-likeness (QED) is 0.133. The number of hydrogen-bond acceptors (Lipinski definition) is 14. The van der Waals surface area contributed by atoms with Crippen molar-refractivity contribution >= 4 is 89.4 Å². The number of carbonyl (C=O) groups is 2. The molecule has 278 valence electrons. The number of hydrazone groups is 2. The van der Waals surface area contributed by atoms with Gasteiger partial charge >= 0.3 is 59.1 Å². The summed E-state index contributed by atoms with van der Waals surface area (Å²) in [6.07, 6.45) is 0. The predicted octanol–water partition coefficient (Wildman–Crippen LogP) is 0.843. The van der Waals surface area contributed by atoms with Crippen molar-refractivity contribution in [3.8, 4) is 11.1 Å². The second kappa shape index (κ2) is 17.7. The van der Waals surface area contributed by atoms with E-state index in [1.54, 1.807) is 38.1 Å². The van der Waals surface area contributed by atoms with Crippen molar-refractivity contribution in [1.29, 1.82) is 0 Å². The molecule has 16 nitrogen and oxygen atoms in total. The summed E-state index contributed by atoms with van der Waals surface area (Å²) in [5.74, 6) is -1.20. The fourth-order valence-electron chi connectivity index (χ4n) is 5.65. The maximum atomic E-state index is 13.2. The first-order valence-electron chi connectivity index (χ1n) is 15.7. The molecule has 0 saturated carbocycles. The van der Waals surface area contributed by atoms with Crippen LogP contribution in [0.2, 0.25) is 10.0 Å². The first-order valence-corrected chi connectivity index (χ1v) is 19.2. The number of hydrogen-bond donors (Lipinski definition) is 0. The number of nitrogens with zero attached hydrogens (tertiary/aromatic N) is 8. The normalized spacial score (nSPS) is 17.4. The summed E-state index contributed by atoms with van der Waals surface area (Å²) >= 11 is 11.7. The number of carbonyl (C=O) groups excluding carboxylic acids is 2. The zero-order valence-electron chi connectivity index (χ0n) is 30.5. The molecule has 2 unspecified atom stereocenters. The van der Waals surface area contributed by atoms with Crippen molar-refractivity contribution in [3.63, 3.8) is 0 Å². The Morgan fingerprint density at radius 2 is 0.946 bits per heavy atom. The average molecular weight is 856 g/mol. The van der Waals surface area contributed by atoms with Crippen LogP contribution in [0.5, 0.6) is 0 Å². The van der Waals surface area contributed by atoms with Crippen molar-refractivity contribution in [1.82, 2.24) is 0 Å². The summed E-state index contributed by atoms with van der Waals surface area (Å²) in [6, 6.07) is 15.6. The van der Waals surface area contributed by atoms with Gasteiger partial charge in [-0.15, -0.1) is 0 Å². The van der Waals surface area contributed by atoms with E-state index in [1.807, 2.05) is 26.0 Å². The van der Waals surface area contributed by atoms with Crippen LogP contribution in [-0.4, -0.2) is 61.3 Å². The van der Waals surface area contributed by atoms with Crippen LogP contribution >= 0.6 is 23.2 Å². The van der Waals surface area contributed by atoms with E-state index in [-0.39, 0.29) is 80.5 Å². The number of azo groups is 2. The van der Waals surface area contributed by atoms with Crippen LogP contribution in [0.25, 0.3) is 11.1 Å². The molecule has 2 amide bonds. The van der Waals surface area contributed by atoms with Gasteiger partial charge in [-0.3, -0.25) is 9.59 Å². The van der Waals surface area contributed by atoms with Gasteiger partial charge in [-0.25, -0.2) is 16.8 Å². The van der Waals surface area contributed by atoms with E-state index >= 15 is 0 Å². The number of halogens is 2. The molecule has 2 aliphatic rings. The number of amides is 2. The van der Waals surface area contributed by atoms with E-state index in [2.05, 4.69) is 30.7 Å². The maximum Gasteiger partial charge on any atom is 1.00 e. The third-order valence-electron chi connectivity index (χ3n) is 8.34. The van der Waals surface area contributed by atoms with Crippen LogP contribution in [0, 0.1) is 13.8 Å². The molecule has 0 bridgehead atoms. The Balaban J connectivity index is 0.00000348. The first-order chi connectivity index (χ1) is 25.3. The summed E-state index contributed by atoms with van der Waals surface area (Å²) in [4.78, 5) is 25.0. The molecule has 0 spiro atoms. The van der Waals surface area contributed by atoms with Gasteiger partial charge in [0.15, 0.2) is 12.1 Å². The van der Waals surface area contributed by atoms with Crippen LogP contribution in [0.15, 0.2) is 113 Å². The molecular formula is C34H26Cl2N8Na2O8S2. The molecule has 2 atom stereocenters. The molecule has 0 saturated heterocycles. The molecule has 56 heavy (non-hydrogen) atoms. The summed E-state index contributed by atoms with van der Waals surface area (Å²) in [7, 11) is -9.79. The van der Waals surface area contributed by atoms with E-state index in [4.69, 9.17) is 23.2 Å². The Hall–Kier alpha value is -3.24. The van der Waals surface area contributed by atoms with E-state index in [0.717, 1.165) is 44.4 Å². The van der Waals surface area contributed by atoms with Crippen molar-refractivity contribution in [2.24, 2.45) is 30.7 Å². The van der Waals surface area contributed by atoms with Crippen molar-refractivity contribution < 1.29 is 94.6 Å². The van der Waals surface area contributed by atoms with Crippen LogP contribution < -0.4 is 69.1 Å². The summed E-state index contributed by atoms with van der Waals surface area (Å²) in [6.45, 7) is 6.91. The minimum absolute atomic E-state index is 0. The fraction of sp³-hybridized carbons (Fsp3) is 0.176. The van der Waals surface area contributed by atoms with Gasteiger partial charge in [-0.2, -0.15) is 40.7 Å². The van der Waals surface area contributed by atoms with E-state index in [9.17, 15) is 35.5 Å². The Bertz CT molecular complexity index is 2450. The SMILES string of the molecule is CC1=NN(c2ccc(Cl)c(S(=O)(=O)[O-])c2)C(=O)C1N=Nc1ccc(-c2ccc(N=NC3C(=O)N(c4ccc(Cl)c(S(=O)(=O)[O-])c4)N=C3C)cc2C)c(C)c1.[Na+].[Na+]. The monoisotopic (exact) mass is 854 g/mol. The molecular weight excluding hydrogens is 829 g/mol. The van der Waals surface area contributed by atoms with Gasteiger partial charge in [0.2, 0.25) is 0 Å². The standard InChI is InChI=1S/C34H28Cl2N8O8S2.2Na/c1-17-13-21(37-39-31-19(3)41-43(33(31)45)23-7-11-27(35)29(15-23)53(47,48)49)5-9-25(17)26-10-6-22(14-18(26)2)38-40-32-20(4)42-44(34(32)46)24-8-12-28(36)30(16-24)54(50,51)52;;/h5-16,31-32H,1-4H3,(H,47,48,49)(H,50,51,52);;/q;2*+1/p-2. The number of aryl methyl sites for hydroxylation is 2. The second-order valence-corrected chi connectivity index (χ2v) is 15.7. The topological polar surface area (TPSA) is 229 Å². The van der Waals surface area contributed by atoms with Gasteiger partial charge in [0.05, 0.1) is 54.0 Å². The summed E-state index contributed by atoms with van der Waals surface area (Å²) < 4.78 is 69.5. The Morgan fingerprint density at radius 3 is 1.27 bits per heavy atom. The van der Waals surface area contributed by atoms with Gasteiger partial charge in [-0.05, 0) is 111 Å². The molecule has 0 aromatic heterocycles. The van der Waals surface area contributed by atoms with E-state index in [0.29, 0.717) is 22.8 Å². The summed E-state index contributed by atoms with van der Waals surface area (Å²) in [5, 5.41) is 26.6. The Kier molecular flexibility index (Phi) is 14.4. The van der Waals surface area contributed by atoms with E-state index < -0.39 is 53.9 Å². The number of anilines is 2. The van der Waals surface area contributed by atoms with Crippen molar-refractivity contribution in [2.45, 2.75) is 49.6 Å². The fourth-order valence-corrected chi connectivity index (χ4v) is 7.60. The zero-order valence-corrected chi connectivity index (χ0v) is 37.6. The van der Waals surface area contributed by atoms with Gasteiger partial charge in [0.25, 0.3) is 11.8 Å². The average Bonchev–Trinajstić information content (AvgIpc) is 3.54. The van der Waals surface area contributed by atoms with Crippen LogP contribution in [0.3, 0.4) is 0 Å². The molecule has 0 fully saturated rings. The Labute approximate surface area is 375 Å². The van der Waals surface area contributed by atoms with Crippen LogP contribution in [0.4, 0.5) is 22.7 Å². The summed E-state index contributed by atoms with van der Waals surface area (Å²) in [5.41, 5.74) is 5.06. The second-order valence-electron chi connectivity index (χ2n) is 12.2. The largest absolute Gasteiger partial charge is 1.00 e. The van der Waals surface area contributed by atoms with Gasteiger partial charge in [-0.1, -0.05) is 35.3 Å². The first kappa shape index (κ1) is 45.5. The smallest absolute Gasteiger partial charge is 0.744 e. The molecule has 0 aliphatic carbocycles. The molecule has 22 heteroatoms. The third-order valence-corrected chi connectivity index (χ3v) is 11.0. The predicted molar refractivity (Wildman–Crippen MR) is 198 cm³/mol. The molecule has 2 heterocycles. The Morgan fingerprint density at radius 1 is 0.589 bits per heavy atom. The molecule has 6 rings (SSSR count).